The number of hydrogen-bond donors (Lipinski definition) is 0. The number of hydrogen-bond acceptors (Lipinski definition) is 5. The van der Waals surface area contributed by atoms with Gasteiger partial charge in [-0.2, -0.15) is 15.0 Å². The van der Waals surface area contributed by atoms with Gasteiger partial charge in [0, 0.05) is 6.20 Å². The van der Waals surface area contributed by atoms with Crippen LogP contribution in [0, 0.1) is 5.82 Å². The molecule has 0 saturated carbocycles. The third-order valence-electron chi connectivity index (χ3n) is 1.94. The second-order valence-electron chi connectivity index (χ2n) is 3.73. The summed E-state index contributed by atoms with van der Waals surface area (Å²) in [4.78, 5) is 15.3. The van der Waals surface area contributed by atoms with Crippen molar-refractivity contribution in [2.75, 3.05) is 0 Å². The van der Waals surface area contributed by atoms with Crippen LogP contribution in [0.1, 0.15) is 13.8 Å². The standard InChI is InChI=1S/C11H10ClFN4O/c1-6(2)18-11-16-9(15-10(12)17-11)7-3-4-14-5-8(7)13/h3-6H,1-2H3. The van der Waals surface area contributed by atoms with Crippen molar-refractivity contribution in [3.8, 4) is 17.4 Å². The van der Waals surface area contributed by atoms with E-state index in [4.69, 9.17) is 16.3 Å². The monoisotopic (exact) mass is 268 g/mol. The first-order valence-corrected chi connectivity index (χ1v) is 5.62. The molecule has 0 radical (unpaired) electrons. The summed E-state index contributed by atoms with van der Waals surface area (Å²) in [5.41, 5.74) is 0.197. The van der Waals surface area contributed by atoms with E-state index in [0.717, 1.165) is 6.20 Å². The van der Waals surface area contributed by atoms with Crippen molar-refractivity contribution in [3.63, 3.8) is 0 Å². The number of pyridine rings is 1. The minimum Gasteiger partial charge on any atom is -0.461 e. The molecule has 0 aliphatic carbocycles. The van der Waals surface area contributed by atoms with Crippen LogP contribution in [0.15, 0.2) is 18.5 Å². The Morgan fingerprint density at radius 1 is 1.28 bits per heavy atom. The van der Waals surface area contributed by atoms with E-state index in [2.05, 4.69) is 19.9 Å². The summed E-state index contributed by atoms with van der Waals surface area (Å²) >= 11 is 5.76. The highest BCUT2D eigenvalue weighted by atomic mass is 35.5. The molecule has 0 saturated heterocycles. The van der Waals surface area contributed by atoms with Gasteiger partial charge < -0.3 is 4.74 Å². The highest BCUT2D eigenvalue weighted by molar-refractivity contribution is 6.28. The maximum Gasteiger partial charge on any atom is 0.321 e. The zero-order valence-corrected chi connectivity index (χ0v) is 10.5. The van der Waals surface area contributed by atoms with Gasteiger partial charge in [0.15, 0.2) is 11.6 Å². The van der Waals surface area contributed by atoms with Crippen molar-refractivity contribution in [2.45, 2.75) is 20.0 Å². The Labute approximate surface area is 108 Å². The van der Waals surface area contributed by atoms with Crippen LogP contribution in [0.5, 0.6) is 6.01 Å². The number of aromatic nitrogens is 4. The van der Waals surface area contributed by atoms with Crippen LogP contribution in [0.3, 0.4) is 0 Å². The van der Waals surface area contributed by atoms with Crippen molar-refractivity contribution in [1.29, 1.82) is 0 Å². The van der Waals surface area contributed by atoms with Crippen molar-refractivity contribution >= 4 is 11.6 Å². The van der Waals surface area contributed by atoms with Gasteiger partial charge in [-0.25, -0.2) is 4.39 Å². The zero-order valence-electron chi connectivity index (χ0n) is 9.76. The molecule has 2 aromatic heterocycles. The molecular weight excluding hydrogens is 259 g/mol. The molecule has 0 aromatic carbocycles. The lowest BCUT2D eigenvalue weighted by Crippen LogP contribution is -2.10. The van der Waals surface area contributed by atoms with Gasteiger partial charge in [0.1, 0.15) is 0 Å². The molecule has 0 N–H and O–H groups in total. The first kappa shape index (κ1) is 12.6. The minimum atomic E-state index is -0.532. The van der Waals surface area contributed by atoms with E-state index in [9.17, 15) is 4.39 Å². The van der Waals surface area contributed by atoms with E-state index in [-0.39, 0.29) is 28.8 Å². The smallest absolute Gasteiger partial charge is 0.321 e. The van der Waals surface area contributed by atoms with Gasteiger partial charge in [0.05, 0.1) is 17.9 Å². The molecule has 2 rings (SSSR count). The van der Waals surface area contributed by atoms with Crippen molar-refractivity contribution in [2.24, 2.45) is 0 Å². The average molecular weight is 269 g/mol. The molecule has 18 heavy (non-hydrogen) atoms. The van der Waals surface area contributed by atoms with E-state index in [0.29, 0.717) is 0 Å². The quantitative estimate of drug-likeness (QED) is 0.856. The lowest BCUT2D eigenvalue weighted by Gasteiger charge is -2.08. The summed E-state index contributed by atoms with van der Waals surface area (Å²) in [7, 11) is 0. The van der Waals surface area contributed by atoms with Crippen LogP contribution in [0.4, 0.5) is 4.39 Å². The highest BCUT2D eigenvalue weighted by Crippen LogP contribution is 2.21. The fourth-order valence-electron chi connectivity index (χ4n) is 1.27. The molecule has 7 heteroatoms. The Kier molecular flexibility index (Phi) is 3.66. The van der Waals surface area contributed by atoms with Crippen molar-refractivity contribution in [3.05, 3.63) is 29.6 Å². The molecule has 0 spiro atoms. The molecular formula is C11H10ClFN4O. The molecule has 2 aromatic rings. The SMILES string of the molecule is CC(C)Oc1nc(Cl)nc(-c2ccncc2F)n1. The van der Waals surface area contributed by atoms with Gasteiger partial charge in [0.25, 0.3) is 0 Å². The summed E-state index contributed by atoms with van der Waals surface area (Å²) in [6, 6.07) is 1.52. The van der Waals surface area contributed by atoms with E-state index in [1.54, 1.807) is 0 Å². The van der Waals surface area contributed by atoms with Gasteiger partial charge in [-0.15, -0.1) is 0 Å². The van der Waals surface area contributed by atoms with E-state index < -0.39 is 5.82 Å². The fourth-order valence-corrected chi connectivity index (χ4v) is 1.42. The number of ether oxygens (including phenoxy) is 1. The fraction of sp³-hybridized carbons (Fsp3) is 0.273. The van der Waals surface area contributed by atoms with Gasteiger partial charge in [0.2, 0.25) is 5.28 Å². The van der Waals surface area contributed by atoms with Gasteiger partial charge in [-0.1, -0.05) is 0 Å². The molecule has 0 amide bonds. The molecule has 0 unspecified atom stereocenters. The summed E-state index contributed by atoms with van der Waals surface area (Å²) in [5.74, 6) is -0.416. The number of nitrogens with zero attached hydrogens (tertiary/aromatic N) is 4. The largest absolute Gasteiger partial charge is 0.461 e. The zero-order chi connectivity index (χ0) is 13.1. The highest BCUT2D eigenvalue weighted by Gasteiger charge is 2.12. The summed E-state index contributed by atoms with van der Waals surface area (Å²) in [6.45, 7) is 3.65. The summed E-state index contributed by atoms with van der Waals surface area (Å²) < 4.78 is 18.9. The lowest BCUT2D eigenvalue weighted by molar-refractivity contribution is 0.222. The van der Waals surface area contributed by atoms with Gasteiger partial charge in [-0.05, 0) is 31.5 Å². The predicted molar refractivity (Wildman–Crippen MR) is 63.8 cm³/mol. The molecule has 0 fully saturated rings. The maximum atomic E-state index is 13.6. The van der Waals surface area contributed by atoms with Gasteiger partial charge in [-0.3, -0.25) is 4.98 Å². The third-order valence-corrected chi connectivity index (χ3v) is 2.11. The minimum absolute atomic E-state index is 0.0492. The third kappa shape index (κ3) is 2.89. The Hall–Kier alpha value is -1.82. The summed E-state index contributed by atoms with van der Waals surface area (Å²) in [6.07, 6.45) is 2.41. The Morgan fingerprint density at radius 2 is 2.06 bits per heavy atom. The normalized spacial score (nSPS) is 10.7. The molecule has 0 aliphatic heterocycles. The second kappa shape index (κ2) is 5.22. The molecule has 2 heterocycles. The number of halogens is 2. The summed E-state index contributed by atoms with van der Waals surface area (Å²) in [5, 5.41) is -0.0492. The topological polar surface area (TPSA) is 60.8 Å². The van der Waals surface area contributed by atoms with Crippen molar-refractivity contribution < 1.29 is 9.13 Å². The van der Waals surface area contributed by atoms with Crippen LogP contribution in [-0.2, 0) is 0 Å². The predicted octanol–water partition coefficient (Wildman–Crippen LogP) is 2.51. The molecule has 5 nitrogen and oxygen atoms in total. The van der Waals surface area contributed by atoms with E-state index >= 15 is 0 Å². The molecule has 0 atom stereocenters. The van der Waals surface area contributed by atoms with E-state index in [1.807, 2.05) is 13.8 Å². The Bertz CT molecular complexity index is 564. The first-order chi connectivity index (χ1) is 8.56. The first-order valence-electron chi connectivity index (χ1n) is 5.24. The van der Waals surface area contributed by atoms with Crippen LogP contribution in [0.25, 0.3) is 11.4 Å². The van der Waals surface area contributed by atoms with Crippen molar-refractivity contribution in [1.82, 2.24) is 19.9 Å². The Balaban J connectivity index is 2.45. The molecule has 0 bridgehead atoms. The lowest BCUT2D eigenvalue weighted by atomic mass is 10.2. The van der Waals surface area contributed by atoms with Crippen LogP contribution in [-0.4, -0.2) is 26.0 Å². The molecule has 94 valence electrons. The number of rotatable bonds is 3. The van der Waals surface area contributed by atoms with Gasteiger partial charge >= 0.3 is 6.01 Å². The average Bonchev–Trinajstić information content (AvgIpc) is 2.27. The van der Waals surface area contributed by atoms with Crippen LogP contribution in [0.2, 0.25) is 5.28 Å². The van der Waals surface area contributed by atoms with E-state index in [1.165, 1.54) is 12.3 Å². The molecule has 0 aliphatic rings. The maximum absolute atomic E-state index is 13.6. The Morgan fingerprint density at radius 3 is 2.72 bits per heavy atom. The van der Waals surface area contributed by atoms with Crippen LogP contribution >= 0.6 is 11.6 Å². The van der Waals surface area contributed by atoms with Crippen LogP contribution < -0.4 is 4.74 Å². The second-order valence-corrected chi connectivity index (χ2v) is 4.07.